The summed E-state index contributed by atoms with van der Waals surface area (Å²) < 4.78 is 16.8. The highest BCUT2D eigenvalue weighted by Gasteiger charge is 2.43. The molecule has 11 heteroatoms. The van der Waals surface area contributed by atoms with Gasteiger partial charge in [-0.25, -0.2) is 4.79 Å². The summed E-state index contributed by atoms with van der Waals surface area (Å²) in [6.07, 6.45) is -0.952. The molecule has 1 fully saturated rings. The summed E-state index contributed by atoms with van der Waals surface area (Å²) in [6.45, 7) is 8.61. The minimum atomic E-state index is -1.42. The number of nitrogens with one attached hydrogen (secondary N) is 2. The first-order valence-electron chi connectivity index (χ1n) is 12.4. The van der Waals surface area contributed by atoms with Gasteiger partial charge < -0.3 is 30.0 Å². The highest BCUT2D eigenvalue weighted by molar-refractivity contribution is 6.01. The van der Waals surface area contributed by atoms with Crippen LogP contribution in [0.25, 0.3) is 0 Å². The fourth-order valence-corrected chi connectivity index (χ4v) is 4.03. The van der Waals surface area contributed by atoms with Gasteiger partial charge in [0.15, 0.2) is 17.9 Å². The van der Waals surface area contributed by atoms with Gasteiger partial charge in [0, 0.05) is 6.42 Å². The molecular formula is C26H36N2O9. The smallest absolute Gasteiger partial charge is 0.332 e. The summed E-state index contributed by atoms with van der Waals surface area (Å²) in [6, 6.07) is 2.70. The first-order valence-corrected chi connectivity index (χ1v) is 12.4. The number of anilines is 1. The maximum atomic E-state index is 13.2. The summed E-state index contributed by atoms with van der Waals surface area (Å²) in [5.74, 6) is -4.29. The number of ether oxygens (including phenoxy) is 3. The topological polar surface area (TPSA) is 157 Å². The average Bonchev–Trinajstić information content (AvgIpc) is 2.84. The van der Waals surface area contributed by atoms with E-state index in [9.17, 15) is 29.1 Å². The van der Waals surface area contributed by atoms with Crippen molar-refractivity contribution in [2.24, 2.45) is 11.8 Å². The zero-order valence-electron chi connectivity index (χ0n) is 21.8. The molecule has 1 heterocycles. The molecule has 0 aromatic heterocycles. The van der Waals surface area contributed by atoms with Crippen molar-refractivity contribution in [2.45, 2.75) is 84.7 Å². The number of rotatable bonds is 10. The normalized spacial score (nSPS) is 24.1. The van der Waals surface area contributed by atoms with Crippen LogP contribution in [0.3, 0.4) is 0 Å². The number of phenolic OH excluding ortho intramolecular Hbond substituents is 1. The number of unbranched alkanes of at least 4 members (excludes halogenated alkanes) is 1. The first kappa shape index (κ1) is 29.6. The predicted molar refractivity (Wildman–Crippen MR) is 133 cm³/mol. The van der Waals surface area contributed by atoms with Crippen molar-refractivity contribution >= 4 is 35.9 Å². The van der Waals surface area contributed by atoms with Crippen LogP contribution < -0.4 is 10.6 Å². The largest absolute Gasteiger partial charge is 0.505 e. The molecule has 1 aliphatic heterocycles. The third-order valence-electron chi connectivity index (χ3n) is 5.98. The molecule has 1 aliphatic rings. The summed E-state index contributed by atoms with van der Waals surface area (Å²) in [4.78, 5) is 62.5. The van der Waals surface area contributed by atoms with E-state index in [1.54, 1.807) is 0 Å². The van der Waals surface area contributed by atoms with Crippen molar-refractivity contribution in [1.82, 2.24) is 5.32 Å². The molecule has 5 unspecified atom stereocenters. The fraction of sp³-hybridized carbons (Fsp3) is 0.577. The van der Waals surface area contributed by atoms with Crippen molar-refractivity contribution in [3.8, 4) is 5.75 Å². The van der Waals surface area contributed by atoms with Crippen LogP contribution >= 0.6 is 0 Å². The molecule has 11 nitrogen and oxygen atoms in total. The zero-order valence-corrected chi connectivity index (χ0v) is 21.8. The number of cyclic esters (lactones) is 2. The molecule has 2 amide bonds. The van der Waals surface area contributed by atoms with Crippen molar-refractivity contribution in [3.05, 3.63) is 23.8 Å². The molecule has 0 bridgehead atoms. The van der Waals surface area contributed by atoms with E-state index < -0.39 is 59.8 Å². The number of hydrogen-bond donors (Lipinski definition) is 3. The molecule has 204 valence electrons. The van der Waals surface area contributed by atoms with Gasteiger partial charge in [-0.1, -0.05) is 39.7 Å². The van der Waals surface area contributed by atoms with Crippen LogP contribution in [0.5, 0.6) is 5.75 Å². The SMILES string of the molecule is CCCCC1C(=O)OC(C)C(NC(=O)c2cccc(NC=O)c2O)C(=O)OC(C)C1OC(=O)CC(C)C. The third kappa shape index (κ3) is 7.93. The van der Waals surface area contributed by atoms with Crippen LogP contribution in [-0.2, 0) is 33.4 Å². The number of amides is 2. The van der Waals surface area contributed by atoms with Crippen molar-refractivity contribution in [3.63, 3.8) is 0 Å². The molecule has 0 aliphatic carbocycles. The Labute approximate surface area is 216 Å². The number of hydrogen-bond acceptors (Lipinski definition) is 9. The zero-order chi connectivity index (χ0) is 27.7. The van der Waals surface area contributed by atoms with E-state index in [1.807, 2.05) is 20.8 Å². The second kappa shape index (κ2) is 13.6. The van der Waals surface area contributed by atoms with E-state index in [0.717, 1.165) is 6.42 Å². The van der Waals surface area contributed by atoms with Crippen LogP contribution in [0.15, 0.2) is 18.2 Å². The maximum Gasteiger partial charge on any atom is 0.332 e. The second-order valence-corrected chi connectivity index (χ2v) is 9.50. The summed E-state index contributed by atoms with van der Waals surface area (Å²) in [7, 11) is 0. The standard InChI is InChI=1S/C26H36N2O9/c1-6-7-9-18-23(37-20(30)12-14(2)3)16(5)36-26(34)21(15(4)35-25(18)33)28-24(32)17-10-8-11-19(22(17)31)27-13-29/h8,10-11,13-16,18,21,23,31H,6-7,9,12H2,1-5H3,(H,27,29)(H,28,32). The number of benzene rings is 1. The number of carbonyl (C=O) groups is 5. The van der Waals surface area contributed by atoms with Crippen LogP contribution in [0, 0.1) is 11.8 Å². The van der Waals surface area contributed by atoms with Gasteiger partial charge >= 0.3 is 17.9 Å². The molecular weight excluding hydrogens is 484 g/mol. The van der Waals surface area contributed by atoms with Gasteiger partial charge in [0.2, 0.25) is 6.41 Å². The first-order chi connectivity index (χ1) is 17.5. The fourth-order valence-electron chi connectivity index (χ4n) is 4.03. The van der Waals surface area contributed by atoms with E-state index in [1.165, 1.54) is 32.0 Å². The molecule has 1 aromatic rings. The third-order valence-corrected chi connectivity index (χ3v) is 5.98. The molecule has 3 N–H and O–H groups in total. The molecule has 2 rings (SSSR count). The Balaban J connectivity index is 2.34. The Morgan fingerprint density at radius 2 is 1.81 bits per heavy atom. The van der Waals surface area contributed by atoms with Gasteiger partial charge in [0.1, 0.15) is 12.2 Å². The molecule has 5 atom stereocenters. The average molecular weight is 521 g/mol. The number of carbonyl (C=O) groups excluding carboxylic acids is 5. The molecule has 1 aromatic carbocycles. The Morgan fingerprint density at radius 3 is 2.43 bits per heavy atom. The van der Waals surface area contributed by atoms with E-state index in [-0.39, 0.29) is 23.6 Å². The van der Waals surface area contributed by atoms with Gasteiger partial charge in [-0.05, 0) is 38.3 Å². The van der Waals surface area contributed by atoms with E-state index in [0.29, 0.717) is 19.3 Å². The highest BCUT2D eigenvalue weighted by atomic mass is 16.6. The molecule has 0 saturated carbocycles. The van der Waals surface area contributed by atoms with Gasteiger partial charge in [0.05, 0.1) is 17.2 Å². The minimum Gasteiger partial charge on any atom is -0.505 e. The van der Waals surface area contributed by atoms with Crippen LogP contribution in [0.1, 0.15) is 70.7 Å². The lowest BCUT2D eigenvalue weighted by Gasteiger charge is -2.29. The number of para-hydroxylation sites is 1. The van der Waals surface area contributed by atoms with Crippen molar-refractivity contribution in [1.29, 1.82) is 0 Å². The van der Waals surface area contributed by atoms with Crippen molar-refractivity contribution < 1.29 is 43.3 Å². The summed E-state index contributed by atoms with van der Waals surface area (Å²) in [5.41, 5.74) is -0.218. The maximum absolute atomic E-state index is 13.2. The quantitative estimate of drug-likeness (QED) is 0.183. The second-order valence-electron chi connectivity index (χ2n) is 9.50. The van der Waals surface area contributed by atoms with Gasteiger partial charge in [-0.15, -0.1) is 0 Å². The number of aromatic hydroxyl groups is 1. The molecule has 0 radical (unpaired) electrons. The molecule has 1 saturated heterocycles. The van der Waals surface area contributed by atoms with Crippen LogP contribution in [0.4, 0.5) is 5.69 Å². The Bertz CT molecular complexity index is 994. The molecule has 0 spiro atoms. The minimum absolute atomic E-state index is 0.00221. The van der Waals surface area contributed by atoms with E-state index in [2.05, 4.69) is 10.6 Å². The summed E-state index contributed by atoms with van der Waals surface area (Å²) >= 11 is 0. The lowest BCUT2D eigenvalue weighted by atomic mass is 9.92. The molecule has 37 heavy (non-hydrogen) atoms. The van der Waals surface area contributed by atoms with E-state index in [4.69, 9.17) is 14.2 Å². The monoisotopic (exact) mass is 520 g/mol. The number of esters is 3. The van der Waals surface area contributed by atoms with Gasteiger partial charge in [-0.3, -0.25) is 19.2 Å². The Hall–Kier alpha value is -3.63. The number of phenols is 1. The lowest BCUT2D eigenvalue weighted by molar-refractivity contribution is -0.175. The Morgan fingerprint density at radius 1 is 1.14 bits per heavy atom. The predicted octanol–water partition coefficient (Wildman–Crippen LogP) is 2.70. The highest BCUT2D eigenvalue weighted by Crippen LogP contribution is 2.29. The van der Waals surface area contributed by atoms with Crippen LogP contribution in [0.2, 0.25) is 0 Å². The van der Waals surface area contributed by atoms with E-state index >= 15 is 0 Å². The summed E-state index contributed by atoms with van der Waals surface area (Å²) in [5, 5.41) is 15.1. The van der Waals surface area contributed by atoms with Crippen LogP contribution in [-0.4, -0.2) is 59.7 Å². The lowest BCUT2D eigenvalue weighted by Crippen LogP contribution is -2.50. The van der Waals surface area contributed by atoms with Gasteiger partial charge in [-0.2, -0.15) is 0 Å². The van der Waals surface area contributed by atoms with Crippen molar-refractivity contribution in [2.75, 3.05) is 5.32 Å². The van der Waals surface area contributed by atoms with Gasteiger partial charge in [0.25, 0.3) is 5.91 Å². The Kier molecular flexibility index (Phi) is 10.9.